The van der Waals surface area contributed by atoms with Crippen LogP contribution in [0.1, 0.15) is 28.9 Å². The van der Waals surface area contributed by atoms with Crippen molar-refractivity contribution in [2.75, 3.05) is 56.6 Å². The lowest BCUT2D eigenvalue weighted by molar-refractivity contribution is -0.126. The van der Waals surface area contributed by atoms with Crippen molar-refractivity contribution in [3.63, 3.8) is 0 Å². The zero-order valence-corrected chi connectivity index (χ0v) is 22.0. The molecule has 2 aliphatic rings. The van der Waals surface area contributed by atoms with Gasteiger partial charge in [-0.2, -0.15) is 9.97 Å². The monoisotopic (exact) mass is 514 g/mol. The molecule has 1 atom stereocenters. The van der Waals surface area contributed by atoms with Gasteiger partial charge < -0.3 is 24.8 Å². The molecule has 5 rings (SSSR count). The largest absolute Gasteiger partial charge is 0.462 e. The molecule has 3 aromatic rings. The minimum Gasteiger partial charge on any atom is -0.462 e. The molecule has 2 aromatic carbocycles. The molecule has 0 spiro atoms. The molecule has 198 valence electrons. The molecule has 0 bridgehead atoms. The van der Waals surface area contributed by atoms with Crippen LogP contribution in [0.3, 0.4) is 0 Å². The first-order valence-electron chi connectivity index (χ1n) is 13.1. The predicted octanol–water partition coefficient (Wildman–Crippen LogP) is 3.50. The van der Waals surface area contributed by atoms with E-state index >= 15 is 0 Å². The standard InChI is InChI=1S/C29H34N6O3/c1-4-25(36)34-15-17-35(18-16-34)27-20(2)26(31-29(32-27)38-19-22-11-8-14-33(22)3)28(37)30-24-13-7-10-21-9-5-6-12-23(21)24/h4-7,9-10,12-13,22H,1,8,11,14-19H2,2-3H3,(H,30,37)/t22-/m0/s1. The number of likely N-dealkylation sites (tertiary alicyclic amines) is 1. The number of nitrogens with one attached hydrogen (secondary N) is 1. The van der Waals surface area contributed by atoms with Crippen molar-refractivity contribution in [1.82, 2.24) is 19.8 Å². The summed E-state index contributed by atoms with van der Waals surface area (Å²) in [4.78, 5) is 41.1. The molecule has 0 radical (unpaired) electrons. The van der Waals surface area contributed by atoms with Gasteiger partial charge in [-0.15, -0.1) is 0 Å². The maximum atomic E-state index is 13.6. The zero-order chi connectivity index (χ0) is 26.6. The summed E-state index contributed by atoms with van der Waals surface area (Å²) in [6.45, 7) is 9.24. The number of nitrogens with zero attached hydrogens (tertiary/aromatic N) is 5. The summed E-state index contributed by atoms with van der Waals surface area (Å²) in [7, 11) is 2.09. The number of ether oxygens (including phenoxy) is 1. The summed E-state index contributed by atoms with van der Waals surface area (Å²) >= 11 is 0. The third-order valence-corrected chi connectivity index (χ3v) is 7.49. The number of piperazine rings is 1. The number of anilines is 2. The van der Waals surface area contributed by atoms with E-state index in [0.29, 0.717) is 50.2 Å². The third-order valence-electron chi connectivity index (χ3n) is 7.49. The number of hydrogen-bond donors (Lipinski definition) is 1. The van der Waals surface area contributed by atoms with E-state index in [1.807, 2.05) is 49.4 Å². The second kappa shape index (κ2) is 11.2. The maximum Gasteiger partial charge on any atom is 0.319 e. The SMILES string of the molecule is C=CC(=O)N1CCN(c2nc(OC[C@@H]3CCCN3C)nc(C(=O)Nc3cccc4ccccc34)c2C)CC1. The van der Waals surface area contributed by atoms with Gasteiger partial charge in [-0.3, -0.25) is 9.59 Å². The lowest BCUT2D eigenvalue weighted by atomic mass is 10.1. The summed E-state index contributed by atoms with van der Waals surface area (Å²) in [5, 5.41) is 5.06. The summed E-state index contributed by atoms with van der Waals surface area (Å²) < 4.78 is 6.09. The Bertz CT molecular complexity index is 1350. The average molecular weight is 515 g/mol. The molecule has 2 amide bonds. The van der Waals surface area contributed by atoms with E-state index in [-0.39, 0.29) is 23.5 Å². The Morgan fingerprint density at radius 1 is 1.08 bits per heavy atom. The van der Waals surface area contributed by atoms with Crippen LogP contribution in [0.5, 0.6) is 6.01 Å². The van der Waals surface area contributed by atoms with E-state index in [0.717, 1.165) is 35.8 Å². The Kier molecular flexibility index (Phi) is 7.55. The first-order chi connectivity index (χ1) is 18.4. The van der Waals surface area contributed by atoms with Crippen molar-refractivity contribution in [2.24, 2.45) is 0 Å². The topological polar surface area (TPSA) is 90.9 Å². The number of amides is 2. The van der Waals surface area contributed by atoms with Gasteiger partial charge in [-0.1, -0.05) is 43.0 Å². The predicted molar refractivity (Wildman–Crippen MR) is 149 cm³/mol. The van der Waals surface area contributed by atoms with Gasteiger partial charge in [-0.25, -0.2) is 0 Å². The van der Waals surface area contributed by atoms with Gasteiger partial charge >= 0.3 is 6.01 Å². The fourth-order valence-corrected chi connectivity index (χ4v) is 5.22. The molecule has 38 heavy (non-hydrogen) atoms. The van der Waals surface area contributed by atoms with Crippen LogP contribution in [-0.2, 0) is 4.79 Å². The molecule has 9 heteroatoms. The van der Waals surface area contributed by atoms with Gasteiger partial charge in [-0.05, 0) is 50.9 Å². The number of aromatic nitrogens is 2. The Hall–Kier alpha value is -3.98. The summed E-state index contributed by atoms with van der Waals surface area (Å²) in [5.41, 5.74) is 1.68. The first kappa shape index (κ1) is 25.7. The maximum absolute atomic E-state index is 13.6. The summed E-state index contributed by atoms with van der Waals surface area (Å²) in [5.74, 6) is 0.262. The quantitative estimate of drug-likeness (QED) is 0.483. The molecular formula is C29H34N6O3. The van der Waals surface area contributed by atoms with E-state index in [1.165, 1.54) is 6.08 Å². The smallest absolute Gasteiger partial charge is 0.319 e. The van der Waals surface area contributed by atoms with E-state index in [1.54, 1.807) is 4.90 Å². The highest BCUT2D eigenvalue weighted by Crippen LogP contribution is 2.28. The molecule has 9 nitrogen and oxygen atoms in total. The van der Waals surface area contributed by atoms with Crippen LogP contribution in [0.25, 0.3) is 10.8 Å². The average Bonchev–Trinajstić information content (AvgIpc) is 3.36. The molecular weight excluding hydrogens is 480 g/mol. The number of hydrogen-bond acceptors (Lipinski definition) is 7. The molecule has 3 heterocycles. The van der Waals surface area contributed by atoms with Gasteiger partial charge in [0.2, 0.25) is 5.91 Å². The van der Waals surface area contributed by atoms with Crippen molar-refractivity contribution >= 4 is 34.1 Å². The van der Waals surface area contributed by atoms with E-state index in [2.05, 4.69) is 33.7 Å². The number of carbonyl (C=O) groups is 2. The second-order valence-corrected chi connectivity index (χ2v) is 9.89. The fourth-order valence-electron chi connectivity index (χ4n) is 5.22. The first-order valence-corrected chi connectivity index (χ1v) is 13.1. The highest BCUT2D eigenvalue weighted by molar-refractivity contribution is 6.09. The molecule has 0 aliphatic carbocycles. The molecule has 0 unspecified atom stereocenters. The van der Waals surface area contributed by atoms with Crippen LogP contribution in [0, 0.1) is 6.92 Å². The minimum atomic E-state index is -0.314. The number of carbonyl (C=O) groups excluding carboxylic acids is 2. The number of benzene rings is 2. The minimum absolute atomic E-state index is 0.0797. The van der Waals surface area contributed by atoms with Crippen molar-refractivity contribution in [2.45, 2.75) is 25.8 Å². The van der Waals surface area contributed by atoms with E-state index in [9.17, 15) is 9.59 Å². The van der Waals surface area contributed by atoms with Gasteiger partial charge in [0.05, 0.1) is 0 Å². The third kappa shape index (κ3) is 5.33. The Morgan fingerprint density at radius 2 is 1.84 bits per heavy atom. The zero-order valence-electron chi connectivity index (χ0n) is 22.0. The lowest BCUT2D eigenvalue weighted by Crippen LogP contribution is -2.49. The van der Waals surface area contributed by atoms with Gasteiger partial charge in [0.1, 0.15) is 18.1 Å². The van der Waals surface area contributed by atoms with Crippen LogP contribution in [-0.4, -0.2) is 84.0 Å². The lowest BCUT2D eigenvalue weighted by Gasteiger charge is -2.35. The van der Waals surface area contributed by atoms with Crippen molar-refractivity contribution in [3.05, 3.63) is 66.4 Å². The van der Waals surface area contributed by atoms with Gasteiger partial charge in [0.15, 0.2) is 0 Å². The second-order valence-electron chi connectivity index (χ2n) is 9.89. The van der Waals surface area contributed by atoms with Crippen LogP contribution in [0.4, 0.5) is 11.5 Å². The van der Waals surface area contributed by atoms with E-state index < -0.39 is 0 Å². The summed E-state index contributed by atoms with van der Waals surface area (Å²) in [6, 6.07) is 14.2. The molecule has 2 fully saturated rings. The van der Waals surface area contributed by atoms with Crippen molar-refractivity contribution in [3.8, 4) is 6.01 Å². The molecule has 2 saturated heterocycles. The van der Waals surface area contributed by atoms with Gasteiger partial charge in [0, 0.05) is 48.9 Å². The van der Waals surface area contributed by atoms with Crippen LogP contribution >= 0.6 is 0 Å². The van der Waals surface area contributed by atoms with Crippen molar-refractivity contribution in [1.29, 1.82) is 0 Å². The Labute approximate surface area is 223 Å². The normalized spacial score (nSPS) is 18.0. The van der Waals surface area contributed by atoms with Gasteiger partial charge in [0.25, 0.3) is 5.91 Å². The molecule has 1 aromatic heterocycles. The summed E-state index contributed by atoms with van der Waals surface area (Å²) in [6.07, 6.45) is 3.53. The van der Waals surface area contributed by atoms with Crippen LogP contribution in [0.15, 0.2) is 55.1 Å². The molecule has 0 saturated carbocycles. The van der Waals surface area contributed by atoms with E-state index in [4.69, 9.17) is 9.72 Å². The highest BCUT2D eigenvalue weighted by atomic mass is 16.5. The number of rotatable bonds is 7. The van der Waals surface area contributed by atoms with Crippen molar-refractivity contribution < 1.29 is 14.3 Å². The number of fused-ring (bicyclic) bond motifs is 1. The molecule has 2 aliphatic heterocycles. The Morgan fingerprint density at radius 3 is 2.58 bits per heavy atom. The molecule has 1 N–H and O–H groups in total. The number of likely N-dealkylation sites (N-methyl/N-ethyl adjacent to an activating group) is 1. The van der Waals surface area contributed by atoms with Crippen LogP contribution in [0.2, 0.25) is 0 Å². The van der Waals surface area contributed by atoms with Crippen LogP contribution < -0.4 is 15.0 Å². The fraction of sp³-hybridized carbons (Fsp3) is 0.379. The Balaban J connectivity index is 1.44. The highest BCUT2D eigenvalue weighted by Gasteiger charge is 2.27.